The number of aromatic nitrogens is 1. The van der Waals surface area contributed by atoms with Crippen molar-refractivity contribution in [1.29, 1.82) is 0 Å². The van der Waals surface area contributed by atoms with E-state index < -0.39 is 0 Å². The predicted octanol–water partition coefficient (Wildman–Crippen LogP) is 4.73. The Labute approximate surface area is 119 Å². The van der Waals surface area contributed by atoms with Crippen LogP contribution >= 0.6 is 11.6 Å². The Balaban J connectivity index is 1.55. The van der Waals surface area contributed by atoms with E-state index in [9.17, 15) is 0 Å². The van der Waals surface area contributed by atoms with Crippen molar-refractivity contribution in [2.24, 2.45) is 23.2 Å². The molecule has 19 heavy (non-hydrogen) atoms. The Bertz CT molecular complexity index is 444. The first-order chi connectivity index (χ1) is 9.12. The minimum absolute atomic E-state index is 0.120. The first kappa shape index (κ1) is 12.3. The molecule has 0 aromatic carbocycles. The smallest absolute Gasteiger partial charge is 0.212 e. The highest BCUT2D eigenvalue weighted by atomic mass is 35.5. The molecule has 4 saturated carbocycles. The molecular formula is C16H22ClNO. The molecule has 1 aromatic heterocycles. The second-order valence-corrected chi connectivity index (χ2v) is 8.03. The van der Waals surface area contributed by atoms with E-state index in [1.807, 2.05) is 13.1 Å². The second-order valence-electron chi connectivity index (χ2n) is 7.38. The Kier molecular flexibility index (Phi) is 2.74. The molecule has 0 saturated heterocycles. The third-order valence-corrected chi connectivity index (χ3v) is 5.81. The molecule has 0 N–H and O–H groups in total. The molecule has 0 spiro atoms. The molecule has 2 nitrogen and oxygen atoms in total. The molecule has 5 rings (SSSR count). The lowest BCUT2D eigenvalue weighted by molar-refractivity contribution is -0.0545. The van der Waals surface area contributed by atoms with Gasteiger partial charge in [0.15, 0.2) is 0 Å². The summed E-state index contributed by atoms with van der Waals surface area (Å²) in [4.78, 5) is 4.32. The van der Waals surface area contributed by atoms with Crippen molar-refractivity contribution in [2.75, 3.05) is 0 Å². The van der Waals surface area contributed by atoms with Gasteiger partial charge in [-0.2, -0.15) is 0 Å². The van der Waals surface area contributed by atoms with Crippen LogP contribution < -0.4 is 0 Å². The van der Waals surface area contributed by atoms with Crippen molar-refractivity contribution < 1.29 is 4.42 Å². The van der Waals surface area contributed by atoms with Gasteiger partial charge in [0.1, 0.15) is 11.1 Å². The van der Waals surface area contributed by atoms with Gasteiger partial charge in [-0.15, -0.1) is 11.6 Å². The fourth-order valence-electron chi connectivity index (χ4n) is 5.46. The molecule has 4 bridgehead atoms. The zero-order valence-corrected chi connectivity index (χ0v) is 12.3. The standard InChI is InChI=1S/C16H22ClNO/c1-10(17)15-18-9-14(19-15)8-16-5-11-2-12(6-16)4-13(3-11)7-16/h9-13H,2-8H2,1H3. The van der Waals surface area contributed by atoms with E-state index >= 15 is 0 Å². The quantitative estimate of drug-likeness (QED) is 0.748. The van der Waals surface area contributed by atoms with Crippen LogP contribution in [-0.4, -0.2) is 4.98 Å². The Morgan fingerprint density at radius 1 is 1.26 bits per heavy atom. The molecule has 4 aliphatic carbocycles. The summed E-state index contributed by atoms with van der Waals surface area (Å²) in [5.41, 5.74) is 0.529. The maximum absolute atomic E-state index is 6.04. The molecule has 1 atom stereocenters. The van der Waals surface area contributed by atoms with E-state index in [0.717, 1.165) is 29.9 Å². The van der Waals surface area contributed by atoms with Gasteiger partial charge >= 0.3 is 0 Å². The third kappa shape index (κ3) is 2.12. The van der Waals surface area contributed by atoms with Gasteiger partial charge in [-0.25, -0.2) is 4.98 Å². The van der Waals surface area contributed by atoms with Gasteiger partial charge in [-0.3, -0.25) is 0 Å². The predicted molar refractivity (Wildman–Crippen MR) is 75.1 cm³/mol. The van der Waals surface area contributed by atoms with Crippen molar-refractivity contribution in [3.63, 3.8) is 0 Å². The number of nitrogens with zero attached hydrogens (tertiary/aromatic N) is 1. The zero-order valence-electron chi connectivity index (χ0n) is 11.6. The van der Waals surface area contributed by atoms with Crippen LogP contribution in [0.4, 0.5) is 0 Å². The number of hydrogen-bond donors (Lipinski definition) is 0. The van der Waals surface area contributed by atoms with Crippen molar-refractivity contribution in [1.82, 2.24) is 4.98 Å². The first-order valence-electron chi connectivity index (χ1n) is 7.70. The number of rotatable bonds is 3. The summed E-state index contributed by atoms with van der Waals surface area (Å²) in [7, 11) is 0. The number of halogens is 1. The van der Waals surface area contributed by atoms with Gasteiger partial charge in [0.2, 0.25) is 5.89 Å². The molecule has 0 aliphatic heterocycles. The number of oxazole rings is 1. The van der Waals surface area contributed by atoms with Crippen molar-refractivity contribution in [3.05, 3.63) is 17.8 Å². The average Bonchev–Trinajstić information content (AvgIpc) is 2.74. The summed E-state index contributed by atoms with van der Waals surface area (Å²) in [5, 5.41) is -0.120. The molecule has 4 aliphatic rings. The number of hydrogen-bond acceptors (Lipinski definition) is 2. The minimum Gasteiger partial charge on any atom is -0.444 e. The minimum atomic E-state index is -0.120. The highest BCUT2D eigenvalue weighted by Gasteiger charge is 2.51. The first-order valence-corrected chi connectivity index (χ1v) is 8.14. The highest BCUT2D eigenvalue weighted by molar-refractivity contribution is 6.20. The highest BCUT2D eigenvalue weighted by Crippen LogP contribution is 2.61. The summed E-state index contributed by atoms with van der Waals surface area (Å²) in [5.74, 6) is 4.74. The molecular weight excluding hydrogens is 258 g/mol. The molecule has 1 aromatic rings. The lowest BCUT2D eigenvalue weighted by atomic mass is 9.49. The third-order valence-electron chi connectivity index (χ3n) is 5.63. The van der Waals surface area contributed by atoms with E-state index in [2.05, 4.69) is 4.98 Å². The summed E-state index contributed by atoms with van der Waals surface area (Å²) in [6.45, 7) is 1.92. The summed E-state index contributed by atoms with van der Waals surface area (Å²) >= 11 is 6.04. The molecule has 0 amide bonds. The molecule has 1 heterocycles. The topological polar surface area (TPSA) is 26.0 Å². The largest absolute Gasteiger partial charge is 0.444 e. The number of alkyl halides is 1. The summed E-state index contributed by atoms with van der Waals surface area (Å²) in [6, 6.07) is 0. The molecule has 3 heteroatoms. The summed E-state index contributed by atoms with van der Waals surface area (Å²) in [6.07, 6.45) is 11.8. The van der Waals surface area contributed by atoms with Gasteiger partial charge in [-0.05, 0) is 68.6 Å². The van der Waals surface area contributed by atoms with Crippen LogP contribution in [0.3, 0.4) is 0 Å². The molecule has 4 fully saturated rings. The van der Waals surface area contributed by atoms with Crippen molar-refractivity contribution in [3.8, 4) is 0 Å². The van der Waals surface area contributed by atoms with E-state index in [1.165, 1.54) is 38.5 Å². The Hall–Kier alpha value is -0.500. The van der Waals surface area contributed by atoms with E-state index in [4.69, 9.17) is 16.0 Å². The lowest BCUT2D eigenvalue weighted by Gasteiger charge is -2.56. The van der Waals surface area contributed by atoms with Gasteiger partial charge in [-0.1, -0.05) is 0 Å². The van der Waals surface area contributed by atoms with Crippen LogP contribution in [0.2, 0.25) is 0 Å². The van der Waals surface area contributed by atoms with Gasteiger partial charge in [0.25, 0.3) is 0 Å². The zero-order chi connectivity index (χ0) is 13.0. The van der Waals surface area contributed by atoms with Crippen LogP contribution in [0.5, 0.6) is 0 Å². The van der Waals surface area contributed by atoms with Crippen LogP contribution in [0, 0.1) is 23.2 Å². The van der Waals surface area contributed by atoms with Crippen molar-refractivity contribution in [2.45, 2.75) is 57.2 Å². The van der Waals surface area contributed by atoms with Crippen LogP contribution in [0.25, 0.3) is 0 Å². The van der Waals surface area contributed by atoms with Crippen LogP contribution in [-0.2, 0) is 6.42 Å². The summed E-state index contributed by atoms with van der Waals surface area (Å²) < 4.78 is 5.84. The van der Waals surface area contributed by atoms with E-state index in [1.54, 1.807) is 0 Å². The van der Waals surface area contributed by atoms with Crippen LogP contribution in [0.15, 0.2) is 10.6 Å². The van der Waals surface area contributed by atoms with E-state index in [-0.39, 0.29) is 5.38 Å². The molecule has 104 valence electrons. The fourth-order valence-corrected chi connectivity index (χ4v) is 5.57. The maximum atomic E-state index is 6.04. The Morgan fingerprint density at radius 2 is 1.84 bits per heavy atom. The Morgan fingerprint density at radius 3 is 2.32 bits per heavy atom. The molecule has 1 unspecified atom stereocenters. The van der Waals surface area contributed by atoms with Crippen LogP contribution in [0.1, 0.15) is 62.5 Å². The van der Waals surface area contributed by atoms with Gasteiger partial charge in [0.05, 0.1) is 6.20 Å². The average molecular weight is 280 g/mol. The monoisotopic (exact) mass is 279 g/mol. The van der Waals surface area contributed by atoms with Gasteiger partial charge < -0.3 is 4.42 Å². The van der Waals surface area contributed by atoms with Gasteiger partial charge in [0, 0.05) is 6.42 Å². The maximum Gasteiger partial charge on any atom is 0.212 e. The van der Waals surface area contributed by atoms with Crippen molar-refractivity contribution >= 4 is 11.6 Å². The normalized spacial score (nSPS) is 41.7. The second kappa shape index (κ2) is 4.25. The SMILES string of the molecule is CC(Cl)c1ncc(CC23CC4CC(CC(C4)C2)C3)o1. The van der Waals surface area contributed by atoms with E-state index in [0.29, 0.717) is 11.3 Å². The fraction of sp³-hybridized carbons (Fsp3) is 0.812. The lowest BCUT2D eigenvalue weighted by Crippen LogP contribution is -2.46. The molecule has 0 radical (unpaired) electrons.